The maximum absolute atomic E-state index is 12.6. The number of nitrogens with zero attached hydrogens (tertiary/aromatic N) is 2. The molecule has 0 unspecified atom stereocenters. The van der Waals surface area contributed by atoms with E-state index in [1.807, 2.05) is 23.1 Å². The average molecular weight is 368 g/mol. The third-order valence-corrected chi connectivity index (χ3v) is 4.48. The number of ether oxygens (including phenoxy) is 2. The van der Waals surface area contributed by atoms with E-state index in [9.17, 15) is 9.59 Å². The molecule has 2 aliphatic rings. The van der Waals surface area contributed by atoms with Gasteiger partial charge in [0.05, 0.1) is 18.4 Å². The van der Waals surface area contributed by atoms with Crippen molar-refractivity contribution in [2.24, 2.45) is 0 Å². The number of carbonyl (C=O) groups is 2. The first-order chi connectivity index (χ1) is 13.1. The minimum Gasteiger partial charge on any atom is -0.482 e. The summed E-state index contributed by atoms with van der Waals surface area (Å²) in [6.45, 7) is 3.37. The van der Waals surface area contributed by atoms with E-state index in [4.69, 9.17) is 9.47 Å². The van der Waals surface area contributed by atoms with Gasteiger partial charge in [-0.15, -0.1) is 0 Å². The Hall–Kier alpha value is -3.29. The van der Waals surface area contributed by atoms with Gasteiger partial charge in [0.15, 0.2) is 11.5 Å². The summed E-state index contributed by atoms with van der Waals surface area (Å²) in [5.74, 6) is 1.55. The number of nitrogens with one attached hydrogen (secondary N) is 2. The molecule has 2 N–H and O–H groups in total. The van der Waals surface area contributed by atoms with Crippen molar-refractivity contribution in [3.05, 3.63) is 42.6 Å². The zero-order valence-electron chi connectivity index (χ0n) is 14.8. The minimum atomic E-state index is -0.759. The summed E-state index contributed by atoms with van der Waals surface area (Å²) in [5, 5.41) is 5.58. The van der Waals surface area contributed by atoms with Crippen LogP contribution in [0.2, 0.25) is 0 Å². The summed E-state index contributed by atoms with van der Waals surface area (Å²) in [6, 6.07) is 10.8. The van der Waals surface area contributed by atoms with Gasteiger partial charge in [0.25, 0.3) is 5.91 Å². The third kappa shape index (κ3) is 3.64. The van der Waals surface area contributed by atoms with Crippen LogP contribution in [-0.2, 0) is 9.59 Å². The maximum Gasteiger partial charge on any atom is 0.269 e. The number of pyridine rings is 1. The van der Waals surface area contributed by atoms with Gasteiger partial charge >= 0.3 is 0 Å². The SMILES string of the molecule is C[C@@H]1Oc2ccccc2O[C@H]1C(=O)Nc1ccc(N2CCNC(=O)C2)nc1. The van der Waals surface area contributed by atoms with Gasteiger partial charge in [-0.1, -0.05) is 12.1 Å². The van der Waals surface area contributed by atoms with Crippen molar-refractivity contribution in [3.8, 4) is 11.5 Å². The second-order valence-corrected chi connectivity index (χ2v) is 6.47. The summed E-state index contributed by atoms with van der Waals surface area (Å²) in [5.41, 5.74) is 0.555. The predicted octanol–water partition coefficient (Wildman–Crippen LogP) is 1.18. The van der Waals surface area contributed by atoms with E-state index in [1.54, 1.807) is 31.3 Å². The van der Waals surface area contributed by atoms with Crippen molar-refractivity contribution in [3.63, 3.8) is 0 Å². The molecule has 140 valence electrons. The summed E-state index contributed by atoms with van der Waals surface area (Å²) in [7, 11) is 0. The molecule has 8 heteroatoms. The Morgan fingerprint density at radius 3 is 2.70 bits per heavy atom. The van der Waals surface area contributed by atoms with Crippen LogP contribution in [0.15, 0.2) is 42.6 Å². The third-order valence-electron chi connectivity index (χ3n) is 4.48. The number of piperazine rings is 1. The monoisotopic (exact) mass is 368 g/mol. The number of rotatable bonds is 3. The minimum absolute atomic E-state index is 0.0239. The van der Waals surface area contributed by atoms with Crippen molar-refractivity contribution in [2.45, 2.75) is 19.1 Å². The van der Waals surface area contributed by atoms with Crippen molar-refractivity contribution in [2.75, 3.05) is 29.9 Å². The van der Waals surface area contributed by atoms with Crippen molar-refractivity contribution >= 4 is 23.3 Å². The Labute approximate surface area is 156 Å². The van der Waals surface area contributed by atoms with E-state index in [2.05, 4.69) is 15.6 Å². The van der Waals surface area contributed by atoms with E-state index in [0.29, 0.717) is 36.1 Å². The summed E-state index contributed by atoms with van der Waals surface area (Å²) in [6.07, 6.45) is 0.395. The van der Waals surface area contributed by atoms with E-state index in [-0.39, 0.29) is 18.4 Å². The second-order valence-electron chi connectivity index (χ2n) is 6.47. The van der Waals surface area contributed by atoms with Gasteiger partial charge in [0.2, 0.25) is 12.0 Å². The topological polar surface area (TPSA) is 92.8 Å². The number of para-hydroxylation sites is 2. The highest BCUT2D eigenvalue weighted by Crippen LogP contribution is 2.33. The number of hydrogen-bond donors (Lipinski definition) is 2. The van der Waals surface area contributed by atoms with E-state index in [0.717, 1.165) is 0 Å². The molecule has 2 amide bonds. The molecule has 0 bridgehead atoms. The van der Waals surface area contributed by atoms with E-state index >= 15 is 0 Å². The van der Waals surface area contributed by atoms with Crippen molar-refractivity contribution in [1.29, 1.82) is 0 Å². The lowest BCUT2D eigenvalue weighted by Gasteiger charge is -2.31. The lowest BCUT2D eigenvalue weighted by atomic mass is 10.1. The fraction of sp³-hybridized carbons (Fsp3) is 0.316. The molecule has 2 aliphatic heterocycles. The van der Waals surface area contributed by atoms with Gasteiger partial charge < -0.3 is 25.0 Å². The summed E-state index contributed by atoms with van der Waals surface area (Å²) < 4.78 is 11.6. The molecular weight excluding hydrogens is 348 g/mol. The molecule has 2 aromatic rings. The molecule has 0 spiro atoms. The Kier molecular flexibility index (Phi) is 4.53. The van der Waals surface area contributed by atoms with Crippen LogP contribution in [0.1, 0.15) is 6.92 Å². The smallest absolute Gasteiger partial charge is 0.269 e. The first-order valence-corrected chi connectivity index (χ1v) is 8.81. The fourth-order valence-electron chi connectivity index (χ4n) is 3.10. The molecular formula is C19H20N4O4. The van der Waals surface area contributed by atoms with E-state index in [1.165, 1.54) is 0 Å². The van der Waals surface area contributed by atoms with Crippen LogP contribution in [-0.4, -0.2) is 48.6 Å². The van der Waals surface area contributed by atoms with Gasteiger partial charge in [-0.3, -0.25) is 9.59 Å². The zero-order valence-corrected chi connectivity index (χ0v) is 14.8. The number of anilines is 2. The summed E-state index contributed by atoms with van der Waals surface area (Å²) in [4.78, 5) is 30.3. The largest absolute Gasteiger partial charge is 0.482 e. The van der Waals surface area contributed by atoms with Crippen LogP contribution in [0.5, 0.6) is 11.5 Å². The molecule has 0 radical (unpaired) electrons. The van der Waals surface area contributed by atoms with Crippen LogP contribution in [0, 0.1) is 0 Å². The van der Waals surface area contributed by atoms with E-state index < -0.39 is 12.2 Å². The number of aromatic nitrogens is 1. The molecule has 0 saturated carbocycles. The highest BCUT2D eigenvalue weighted by atomic mass is 16.6. The van der Waals surface area contributed by atoms with Crippen LogP contribution < -0.4 is 25.0 Å². The first kappa shape index (κ1) is 17.1. The number of benzene rings is 1. The highest BCUT2D eigenvalue weighted by molar-refractivity contribution is 5.95. The normalized spacial score (nSPS) is 21.4. The van der Waals surface area contributed by atoms with Gasteiger partial charge in [0.1, 0.15) is 11.9 Å². The quantitative estimate of drug-likeness (QED) is 0.845. The fourth-order valence-corrected chi connectivity index (χ4v) is 3.10. The number of fused-ring (bicyclic) bond motifs is 1. The molecule has 4 rings (SSSR count). The highest BCUT2D eigenvalue weighted by Gasteiger charge is 2.34. The van der Waals surface area contributed by atoms with Gasteiger partial charge in [-0.2, -0.15) is 0 Å². The number of amides is 2. The molecule has 2 atom stereocenters. The Balaban J connectivity index is 1.42. The average Bonchev–Trinajstić information content (AvgIpc) is 2.68. The van der Waals surface area contributed by atoms with Crippen LogP contribution >= 0.6 is 0 Å². The number of hydrogen-bond acceptors (Lipinski definition) is 6. The van der Waals surface area contributed by atoms with Crippen molar-refractivity contribution < 1.29 is 19.1 Å². The molecule has 1 fully saturated rings. The van der Waals surface area contributed by atoms with Crippen LogP contribution in [0.25, 0.3) is 0 Å². The van der Waals surface area contributed by atoms with Crippen molar-refractivity contribution in [1.82, 2.24) is 10.3 Å². The zero-order chi connectivity index (χ0) is 18.8. The molecule has 3 heterocycles. The number of carbonyl (C=O) groups excluding carboxylic acids is 2. The molecule has 1 aromatic heterocycles. The molecule has 8 nitrogen and oxygen atoms in total. The molecule has 1 aromatic carbocycles. The maximum atomic E-state index is 12.6. The molecule has 0 aliphatic carbocycles. The summed E-state index contributed by atoms with van der Waals surface area (Å²) >= 11 is 0. The molecule has 1 saturated heterocycles. The predicted molar refractivity (Wildman–Crippen MR) is 99.0 cm³/mol. The Morgan fingerprint density at radius 1 is 1.22 bits per heavy atom. The molecule has 27 heavy (non-hydrogen) atoms. The van der Waals surface area contributed by atoms with Gasteiger partial charge in [0, 0.05) is 13.1 Å². The van der Waals surface area contributed by atoms with Gasteiger partial charge in [-0.05, 0) is 31.2 Å². The second kappa shape index (κ2) is 7.14. The van der Waals surface area contributed by atoms with Gasteiger partial charge in [-0.25, -0.2) is 4.98 Å². The lowest BCUT2D eigenvalue weighted by molar-refractivity contribution is -0.128. The standard InChI is InChI=1S/C19H20N4O4/c1-12-18(27-15-5-3-2-4-14(15)26-12)19(25)22-13-6-7-16(21-10-13)23-9-8-20-17(24)11-23/h2-7,10,12,18H,8-9,11H2,1H3,(H,20,24)(H,22,25)/t12-,18+/m0/s1. The Bertz CT molecular complexity index is 855. The van der Waals surface area contributed by atoms with Crippen LogP contribution in [0.3, 0.4) is 0 Å². The lowest BCUT2D eigenvalue weighted by Crippen LogP contribution is -2.48. The Morgan fingerprint density at radius 2 is 2.00 bits per heavy atom. The van der Waals surface area contributed by atoms with Crippen LogP contribution in [0.4, 0.5) is 11.5 Å². The first-order valence-electron chi connectivity index (χ1n) is 8.81.